The maximum absolute atomic E-state index is 12.8. The number of benzene rings is 2. The van der Waals surface area contributed by atoms with Crippen LogP contribution in [-0.4, -0.2) is 39.0 Å². The molecule has 1 amide bonds. The van der Waals surface area contributed by atoms with Crippen molar-refractivity contribution in [3.8, 4) is 11.4 Å². The van der Waals surface area contributed by atoms with E-state index in [9.17, 15) is 14.9 Å². The summed E-state index contributed by atoms with van der Waals surface area (Å²) < 4.78 is 5.44. The van der Waals surface area contributed by atoms with Gasteiger partial charge >= 0.3 is 0 Å². The van der Waals surface area contributed by atoms with Gasteiger partial charge in [0, 0.05) is 36.7 Å². The molecule has 0 unspecified atom stereocenters. The molecular weight excluding hydrogens is 396 g/mol. The van der Waals surface area contributed by atoms with Crippen molar-refractivity contribution in [2.75, 3.05) is 13.1 Å². The van der Waals surface area contributed by atoms with Gasteiger partial charge in [-0.3, -0.25) is 14.9 Å². The summed E-state index contributed by atoms with van der Waals surface area (Å²) >= 11 is 6.09. The van der Waals surface area contributed by atoms with Gasteiger partial charge in [0.2, 0.25) is 11.7 Å². The highest BCUT2D eigenvalue weighted by atomic mass is 35.5. The van der Waals surface area contributed by atoms with E-state index in [1.54, 1.807) is 4.90 Å². The van der Waals surface area contributed by atoms with Gasteiger partial charge in [-0.1, -0.05) is 47.1 Å². The van der Waals surface area contributed by atoms with Gasteiger partial charge in [-0.2, -0.15) is 4.98 Å². The molecule has 2 heterocycles. The Morgan fingerprint density at radius 2 is 1.90 bits per heavy atom. The number of hydrogen-bond acceptors (Lipinski definition) is 6. The van der Waals surface area contributed by atoms with E-state index in [0.29, 0.717) is 37.6 Å². The third kappa shape index (κ3) is 3.97. The summed E-state index contributed by atoms with van der Waals surface area (Å²) in [6.07, 6.45) is 1.37. The molecule has 148 valence electrons. The number of nitro benzene ring substituents is 1. The predicted octanol–water partition coefficient (Wildman–Crippen LogP) is 4.32. The first-order valence-electron chi connectivity index (χ1n) is 9.15. The maximum Gasteiger partial charge on any atom is 0.270 e. The number of rotatable bonds is 4. The minimum atomic E-state index is -0.542. The lowest BCUT2D eigenvalue weighted by molar-refractivity contribution is -0.384. The average Bonchev–Trinajstić information content (AvgIpc) is 3.24. The number of piperidine rings is 1. The Kier molecular flexibility index (Phi) is 5.26. The van der Waals surface area contributed by atoms with Gasteiger partial charge < -0.3 is 9.42 Å². The standard InChI is InChI=1S/C20H17ClN4O4/c21-17-12-15(25(27)28)6-7-16(17)20(26)24-10-8-14(9-11-24)19-22-18(23-29-19)13-4-2-1-3-5-13/h1-7,12,14H,8-11H2. The third-order valence-corrected chi connectivity index (χ3v) is 5.31. The molecule has 3 aromatic rings. The van der Waals surface area contributed by atoms with Crippen molar-refractivity contribution in [3.63, 3.8) is 0 Å². The van der Waals surface area contributed by atoms with Gasteiger partial charge in [-0.15, -0.1) is 0 Å². The fourth-order valence-corrected chi connectivity index (χ4v) is 3.65. The van der Waals surface area contributed by atoms with Crippen molar-refractivity contribution in [2.45, 2.75) is 18.8 Å². The fourth-order valence-electron chi connectivity index (χ4n) is 3.40. The summed E-state index contributed by atoms with van der Waals surface area (Å²) in [4.78, 5) is 29.2. The smallest absolute Gasteiger partial charge is 0.270 e. The molecule has 2 aromatic carbocycles. The van der Waals surface area contributed by atoms with E-state index in [1.165, 1.54) is 18.2 Å². The van der Waals surface area contributed by atoms with Crippen LogP contribution in [0.15, 0.2) is 53.1 Å². The third-order valence-electron chi connectivity index (χ3n) is 5.00. The summed E-state index contributed by atoms with van der Waals surface area (Å²) in [6.45, 7) is 1.03. The summed E-state index contributed by atoms with van der Waals surface area (Å²) in [5.74, 6) is 0.969. The Morgan fingerprint density at radius 3 is 2.55 bits per heavy atom. The Bertz CT molecular complexity index is 1050. The number of halogens is 1. The van der Waals surface area contributed by atoms with Crippen LogP contribution in [0.25, 0.3) is 11.4 Å². The number of aromatic nitrogens is 2. The Balaban J connectivity index is 1.41. The number of nitro groups is 1. The van der Waals surface area contributed by atoms with Crippen molar-refractivity contribution in [1.29, 1.82) is 0 Å². The molecule has 0 spiro atoms. The van der Waals surface area contributed by atoms with Gasteiger partial charge in [0.1, 0.15) is 0 Å². The van der Waals surface area contributed by atoms with Crippen molar-refractivity contribution >= 4 is 23.2 Å². The molecule has 1 saturated heterocycles. The van der Waals surface area contributed by atoms with Crippen LogP contribution in [-0.2, 0) is 0 Å². The van der Waals surface area contributed by atoms with Crippen LogP contribution in [0.2, 0.25) is 5.02 Å². The second-order valence-corrected chi connectivity index (χ2v) is 7.22. The Morgan fingerprint density at radius 1 is 1.17 bits per heavy atom. The lowest BCUT2D eigenvalue weighted by Gasteiger charge is -2.30. The quantitative estimate of drug-likeness (QED) is 0.467. The van der Waals surface area contributed by atoms with Crippen molar-refractivity contribution in [2.24, 2.45) is 0 Å². The number of likely N-dealkylation sites (tertiary alicyclic amines) is 1. The molecule has 0 bridgehead atoms. The van der Waals surface area contributed by atoms with Crippen LogP contribution < -0.4 is 0 Å². The Labute approximate surface area is 171 Å². The Hall–Kier alpha value is -3.26. The second-order valence-electron chi connectivity index (χ2n) is 6.81. The number of carbonyl (C=O) groups is 1. The lowest BCUT2D eigenvalue weighted by atomic mass is 9.96. The second kappa shape index (κ2) is 8.00. The highest BCUT2D eigenvalue weighted by Gasteiger charge is 2.29. The van der Waals surface area contributed by atoms with Crippen LogP contribution in [0.1, 0.15) is 35.0 Å². The minimum Gasteiger partial charge on any atom is -0.339 e. The molecule has 0 N–H and O–H groups in total. The van der Waals surface area contributed by atoms with Crippen LogP contribution in [0.4, 0.5) is 5.69 Å². The zero-order chi connectivity index (χ0) is 20.4. The van der Waals surface area contributed by atoms with Crippen LogP contribution >= 0.6 is 11.6 Å². The molecule has 0 radical (unpaired) electrons. The number of carbonyl (C=O) groups excluding carboxylic acids is 1. The van der Waals surface area contributed by atoms with E-state index in [0.717, 1.165) is 5.56 Å². The monoisotopic (exact) mass is 412 g/mol. The number of hydrogen-bond donors (Lipinski definition) is 0. The average molecular weight is 413 g/mol. The molecule has 0 aliphatic carbocycles. The van der Waals surface area contributed by atoms with Crippen LogP contribution in [0, 0.1) is 10.1 Å². The van der Waals surface area contributed by atoms with E-state index in [-0.39, 0.29) is 28.1 Å². The topological polar surface area (TPSA) is 102 Å². The lowest BCUT2D eigenvalue weighted by Crippen LogP contribution is -2.38. The van der Waals surface area contributed by atoms with Crippen molar-refractivity contribution < 1.29 is 14.2 Å². The largest absolute Gasteiger partial charge is 0.339 e. The van der Waals surface area contributed by atoms with Gasteiger partial charge in [0.15, 0.2) is 0 Å². The van der Waals surface area contributed by atoms with Crippen molar-refractivity contribution in [3.05, 3.63) is 75.1 Å². The number of nitrogens with zero attached hydrogens (tertiary/aromatic N) is 4. The predicted molar refractivity (Wildman–Crippen MR) is 106 cm³/mol. The molecule has 1 aromatic heterocycles. The molecule has 0 saturated carbocycles. The SMILES string of the molecule is O=C(c1ccc([N+](=O)[O-])cc1Cl)N1CCC(c2nc(-c3ccccc3)no2)CC1. The molecule has 29 heavy (non-hydrogen) atoms. The molecule has 1 aliphatic heterocycles. The normalized spacial score (nSPS) is 14.7. The van der Waals surface area contributed by atoms with E-state index in [4.69, 9.17) is 16.1 Å². The van der Waals surface area contributed by atoms with Gasteiger partial charge in [-0.05, 0) is 18.9 Å². The van der Waals surface area contributed by atoms with Crippen molar-refractivity contribution in [1.82, 2.24) is 15.0 Å². The zero-order valence-corrected chi connectivity index (χ0v) is 16.1. The number of amides is 1. The maximum atomic E-state index is 12.8. The highest BCUT2D eigenvalue weighted by molar-refractivity contribution is 6.34. The fraction of sp³-hybridized carbons (Fsp3) is 0.250. The summed E-state index contributed by atoms with van der Waals surface area (Å²) in [5, 5.41) is 15.0. The summed E-state index contributed by atoms with van der Waals surface area (Å²) in [6, 6.07) is 13.5. The van der Waals surface area contributed by atoms with E-state index >= 15 is 0 Å². The van der Waals surface area contributed by atoms with Gasteiger partial charge in [0.25, 0.3) is 11.6 Å². The minimum absolute atomic E-state index is 0.0794. The molecule has 1 aliphatic rings. The van der Waals surface area contributed by atoms with Gasteiger partial charge in [-0.25, -0.2) is 0 Å². The summed E-state index contributed by atoms with van der Waals surface area (Å²) in [5.41, 5.74) is 1.01. The molecule has 0 atom stereocenters. The zero-order valence-electron chi connectivity index (χ0n) is 15.3. The highest BCUT2D eigenvalue weighted by Crippen LogP contribution is 2.30. The first kappa shape index (κ1) is 19.1. The molecule has 8 nitrogen and oxygen atoms in total. The number of non-ortho nitro benzene ring substituents is 1. The van der Waals surface area contributed by atoms with Crippen LogP contribution in [0.3, 0.4) is 0 Å². The first-order valence-corrected chi connectivity index (χ1v) is 9.53. The molecule has 4 rings (SSSR count). The molecule has 1 fully saturated rings. The van der Waals surface area contributed by atoms with E-state index in [2.05, 4.69) is 10.1 Å². The van der Waals surface area contributed by atoms with Gasteiger partial charge in [0.05, 0.1) is 15.5 Å². The van der Waals surface area contributed by atoms with E-state index < -0.39 is 4.92 Å². The van der Waals surface area contributed by atoms with Crippen LogP contribution in [0.5, 0.6) is 0 Å². The van der Waals surface area contributed by atoms with E-state index in [1.807, 2.05) is 30.3 Å². The molecular formula is C20H17ClN4O4. The molecule has 9 heteroatoms. The first-order chi connectivity index (χ1) is 14.0. The summed E-state index contributed by atoms with van der Waals surface area (Å²) in [7, 11) is 0.